The summed E-state index contributed by atoms with van der Waals surface area (Å²) in [5.41, 5.74) is 0.888. The predicted molar refractivity (Wildman–Crippen MR) is 79.4 cm³/mol. The Morgan fingerprint density at radius 3 is 2.57 bits per heavy atom. The number of carbonyl (C=O) groups excluding carboxylic acids is 2. The molecule has 21 heavy (non-hydrogen) atoms. The Kier molecular flexibility index (Phi) is 4.67. The van der Waals surface area contributed by atoms with Crippen molar-refractivity contribution in [2.75, 3.05) is 34.3 Å². The van der Waals surface area contributed by atoms with E-state index in [1.165, 1.54) is 20.0 Å². The molecule has 1 aliphatic carbocycles. The zero-order valence-electron chi connectivity index (χ0n) is 13.1. The largest absolute Gasteiger partial charge is 0.464 e. The van der Waals surface area contributed by atoms with Crippen molar-refractivity contribution in [1.29, 1.82) is 0 Å². The monoisotopic (exact) mass is 293 g/mol. The van der Waals surface area contributed by atoms with E-state index in [-0.39, 0.29) is 5.91 Å². The van der Waals surface area contributed by atoms with Gasteiger partial charge in [-0.1, -0.05) is 0 Å². The molecule has 0 spiro atoms. The Balaban J connectivity index is 1.96. The van der Waals surface area contributed by atoms with Crippen molar-refractivity contribution in [3.05, 3.63) is 23.5 Å². The first-order valence-corrected chi connectivity index (χ1v) is 7.14. The van der Waals surface area contributed by atoms with E-state index < -0.39 is 5.97 Å². The zero-order chi connectivity index (χ0) is 15.6. The fourth-order valence-corrected chi connectivity index (χ4v) is 2.32. The number of aromatic nitrogens is 1. The van der Waals surface area contributed by atoms with Crippen molar-refractivity contribution in [3.63, 3.8) is 0 Å². The SMILES string of the molecule is COC(=O)c1cc(C(=O)N(C)CCN(C)C2CC2)cn1C. The number of hydrogen-bond acceptors (Lipinski definition) is 4. The number of ether oxygens (including phenoxy) is 1. The minimum Gasteiger partial charge on any atom is -0.464 e. The van der Waals surface area contributed by atoms with Crippen LogP contribution in [0.2, 0.25) is 0 Å². The molecule has 6 nitrogen and oxygen atoms in total. The molecule has 0 unspecified atom stereocenters. The normalized spacial score (nSPS) is 14.3. The maximum absolute atomic E-state index is 12.4. The second-order valence-corrected chi connectivity index (χ2v) is 5.65. The van der Waals surface area contributed by atoms with E-state index in [4.69, 9.17) is 4.74 Å². The highest BCUT2D eigenvalue weighted by atomic mass is 16.5. The quantitative estimate of drug-likeness (QED) is 0.734. The third-order valence-corrected chi connectivity index (χ3v) is 3.95. The standard InChI is InChI=1S/C15H23N3O3/c1-16(12-5-6-12)7-8-17(2)14(19)11-9-13(15(20)21-4)18(3)10-11/h9-10,12H,5-8H2,1-4H3. The number of likely N-dealkylation sites (N-methyl/N-ethyl adjacent to an activating group) is 2. The summed E-state index contributed by atoms with van der Waals surface area (Å²) >= 11 is 0. The molecule has 1 fully saturated rings. The highest BCUT2D eigenvalue weighted by Crippen LogP contribution is 2.24. The predicted octanol–water partition coefficient (Wildman–Crippen LogP) is 0.978. The Morgan fingerprint density at radius 2 is 2.00 bits per heavy atom. The van der Waals surface area contributed by atoms with Crippen LogP contribution in [0.25, 0.3) is 0 Å². The van der Waals surface area contributed by atoms with Crippen LogP contribution in [0.5, 0.6) is 0 Å². The zero-order valence-corrected chi connectivity index (χ0v) is 13.1. The number of methoxy groups -OCH3 is 1. The molecule has 1 aliphatic rings. The Labute approximate surface area is 125 Å². The number of carbonyl (C=O) groups is 2. The Hall–Kier alpha value is -1.82. The lowest BCUT2D eigenvalue weighted by atomic mass is 10.2. The first-order chi connectivity index (χ1) is 9.93. The molecule has 0 aliphatic heterocycles. The van der Waals surface area contributed by atoms with Crippen LogP contribution >= 0.6 is 0 Å². The molecule has 116 valence electrons. The van der Waals surface area contributed by atoms with Gasteiger partial charge in [0.25, 0.3) is 5.91 Å². The second-order valence-electron chi connectivity index (χ2n) is 5.65. The van der Waals surface area contributed by atoms with Gasteiger partial charge in [-0.15, -0.1) is 0 Å². The molecule has 0 aromatic carbocycles. The van der Waals surface area contributed by atoms with E-state index in [0.717, 1.165) is 6.54 Å². The molecular weight excluding hydrogens is 270 g/mol. The fraction of sp³-hybridized carbons (Fsp3) is 0.600. The van der Waals surface area contributed by atoms with Gasteiger partial charge in [-0.3, -0.25) is 4.79 Å². The summed E-state index contributed by atoms with van der Waals surface area (Å²) in [5.74, 6) is -0.516. The van der Waals surface area contributed by atoms with Gasteiger partial charge >= 0.3 is 5.97 Å². The van der Waals surface area contributed by atoms with E-state index in [1.54, 1.807) is 35.8 Å². The fourth-order valence-electron chi connectivity index (χ4n) is 2.32. The Bertz CT molecular complexity index is 534. The van der Waals surface area contributed by atoms with E-state index >= 15 is 0 Å². The molecule has 0 radical (unpaired) electrons. The van der Waals surface area contributed by atoms with Crippen LogP contribution in [0.3, 0.4) is 0 Å². The molecule has 0 bridgehead atoms. The summed E-state index contributed by atoms with van der Waals surface area (Å²) in [6.45, 7) is 1.54. The molecule has 1 aromatic heterocycles. The molecule has 6 heteroatoms. The number of aryl methyl sites for hydroxylation is 1. The Morgan fingerprint density at radius 1 is 1.33 bits per heavy atom. The molecule has 0 atom stereocenters. The van der Waals surface area contributed by atoms with Crippen molar-refractivity contribution in [2.24, 2.45) is 7.05 Å². The number of rotatable bonds is 6. The van der Waals surface area contributed by atoms with Crippen LogP contribution in [0.15, 0.2) is 12.3 Å². The van der Waals surface area contributed by atoms with Crippen LogP contribution in [-0.4, -0.2) is 66.6 Å². The van der Waals surface area contributed by atoms with Gasteiger partial charge in [0, 0.05) is 39.4 Å². The third kappa shape index (κ3) is 3.64. The molecular formula is C15H23N3O3. The smallest absolute Gasteiger partial charge is 0.354 e. The van der Waals surface area contributed by atoms with Gasteiger partial charge in [0.15, 0.2) is 0 Å². The number of esters is 1. The average Bonchev–Trinajstić information content (AvgIpc) is 3.25. The number of hydrogen-bond donors (Lipinski definition) is 0. The van der Waals surface area contributed by atoms with Gasteiger partial charge in [-0.2, -0.15) is 0 Å². The van der Waals surface area contributed by atoms with Crippen molar-refractivity contribution < 1.29 is 14.3 Å². The summed E-state index contributed by atoms with van der Waals surface area (Å²) in [5, 5.41) is 0. The summed E-state index contributed by atoms with van der Waals surface area (Å²) < 4.78 is 6.31. The first kappa shape index (κ1) is 15.6. The molecule has 0 saturated heterocycles. The third-order valence-electron chi connectivity index (χ3n) is 3.95. The summed E-state index contributed by atoms with van der Waals surface area (Å²) in [4.78, 5) is 27.9. The van der Waals surface area contributed by atoms with Gasteiger partial charge in [-0.25, -0.2) is 4.79 Å². The van der Waals surface area contributed by atoms with Crippen molar-refractivity contribution >= 4 is 11.9 Å². The van der Waals surface area contributed by atoms with Crippen LogP contribution in [0.4, 0.5) is 0 Å². The van der Waals surface area contributed by atoms with Crippen LogP contribution < -0.4 is 0 Å². The van der Waals surface area contributed by atoms with Crippen molar-refractivity contribution in [3.8, 4) is 0 Å². The first-order valence-electron chi connectivity index (χ1n) is 7.14. The molecule has 1 saturated carbocycles. The van der Waals surface area contributed by atoms with Gasteiger partial charge < -0.3 is 19.1 Å². The van der Waals surface area contributed by atoms with E-state index in [9.17, 15) is 9.59 Å². The number of nitrogens with zero attached hydrogens (tertiary/aromatic N) is 3. The lowest BCUT2D eigenvalue weighted by Gasteiger charge is -2.21. The summed E-state index contributed by atoms with van der Waals surface area (Å²) in [7, 11) is 6.93. The van der Waals surface area contributed by atoms with Crippen LogP contribution in [0.1, 0.15) is 33.7 Å². The van der Waals surface area contributed by atoms with E-state index in [0.29, 0.717) is 23.8 Å². The highest BCUT2D eigenvalue weighted by molar-refractivity contribution is 5.97. The van der Waals surface area contributed by atoms with Crippen LogP contribution in [-0.2, 0) is 11.8 Å². The molecule has 0 N–H and O–H groups in total. The minimum absolute atomic E-state index is 0.0787. The second kappa shape index (κ2) is 6.30. The number of amides is 1. The summed E-state index contributed by atoms with van der Waals surface area (Å²) in [6, 6.07) is 2.27. The van der Waals surface area contributed by atoms with Gasteiger partial charge in [0.1, 0.15) is 5.69 Å². The lowest BCUT2D eigenvalue weighted by Crippen LogP contribution is -2.35. The lowest BCUT2D eigenvalue weighted by molar-refractivity contribution is 0.0590. The maximum Gasteiger partial charge on any atom is 0.354 e. The van der Waals surface area contributed by atoms with E-state index in [2.05, 4.69) is 11.9 Å². The topological polar surface area (TPSA) is 54.8 Å². The van der Waals surface area contributed by atoms with Crippen LogP contribution in [0, 0.1) is 0 Å². The van der Waals surface area contributed by atoms with E-state index in [1.807, 2.05) is 0 Å². The molecule has 1 amide bonds. The van der Waals surface area contributed by atoms with Gasteiger partial charge in [0.05, 0.1) is 12.7 Å². The van der Waals surface area contributed by atoms with Crippen molar-refractivity contribution in [2.45, 2.75) is 18.9 Å². The molecule has 1 heterocycles. The van der Waals surface area contributed by atoms with Crippen molar-refractivity contribution in [1.82, 2.24) is 14.4 Å². The molecule has 1 aromatic rings. The minimum atomic E-state index is -0.437. The van der Waals surface area contributed by atoms with Gasteiger partial charge in [-0.05, 0) is 26.0 Å². The maximum atomic E-state index is 12.4. The molecule has 2 rings (SSSR count). The highest BCUT2D eigenvalue weighted by Gasteiger charge is 2.26. The van der Waals surface area contributed by atoms with Gasteiger partial charge in [0.2, 0.25) is 0 Å². The summed E-state index contributed by atoms with van der Waals surface area (Å²) in [6.07, 6.45) is 4.18. The average molecular weight is 293 g/mol.